The lowest BCUT2D eigenvalue weighted by molar-refractivity contribution is -0.113. The number of benzene rings is 2. The molecule has 0 aliphatic rings. The summed E-state index contributed by atoms with van der Waals surface area (Å²) in [5.41, 5.74) is 0.945. The Labute approximate surface area is 183 Å². The van der Waals surface area contributed by atoms with Gasteiger partial charge in [0, 0.05) is 5.02 Å². The van der Waals surface area contributed by atoms with Crippen LogP contribution in [0.2, 0.25) is 25.1 Å². The Kier molecular flexibility index (Phi) is 6.78. The lowest BCUT2D eigenvalue weighted by Crippen LogP contribution is -2.15. The summed E-state index contributed by atoms with van der Waals surface area (Å²) in [6.45, 7) is 0. The molecule has 1 aromatic heterocycles. The number of nitrogens with zero attached hydrogens (tertiary/aromatic N) is 3. The molecule has 0 aliphatic heterocycles. The van der Waals surface area contributed by atoms with Gasteiger partial charge in [0.15, 0.2) is 5.16 Å². The van der Waals surface area contributed by atoms with Crippen molar-refractivity contribution in [1.82, 2.24) is 14.8 Å². The molecule has 1 N–H and O–H groups in total. The fourth-order valence-corrected chi connectivity index (χ4v) is 3.93. The number of rotatable bonds is 5. The smallest absolute Gasteiger partial charge is 0.234 e. The predicted octanol–water partition coefficient (Wildman–Crippen LogP) is 6.27. The van der Waals surface area contributed by atoms with Gasteiger partial charge in [-0.15, -0.1) is 10.2 Å². The van der Waals surface area contributed by atoms with Gasteiger partial charge in [0.1, 0.15) is 6.33 Å². The molecule has 3 rings (SSSR count). The number of aromatic nitrogens is 3. The first-order valence-corrected chi connectivity index (χ1v) is 10.2. The zero-order chi connectivity index (χ0) is 19.6. The second-order valence-corrected chi connectivity index (χ2v) is 8.09. The van der Waals surface area contributed by atoms with Crippen LogP contribution in [0.25, 0.3) is 5.69 Å². The highest BCUT2D eigenvalue weighted by Crippen LogP contribution is 2.41. The maximum Gasteiger partial charge on any atom is 0.234 e. The average Bonchev–Trinajstić information content (AvgIpc) is 3.10. The second kappa shape index (κ2) is 8.90. The molecule has 5 nitrogen and oxygen atoms in total. The van der Waals surface area contributed by atoms with Gasteiger partial charge >= 0.3 is 0 Å². The van der Waals surface area contributed by atoms with Crippen LogP contribution < -0.4 is 5.32 Å². The molecule has 0 bridgehead atoms. The summed E-state index contributed by atoms with van der Waals surface area (Å²) >= 11 is 31.3. The third-order valence-corrected chi connectivity index (χ3v) is 6.06. The van der Waals surface area contributed by atoms with E-state index in [1.165, 1.54) is 24.2 Å². The summed E-state index contributed by atoms with van der Waals surface area (Å²) in [6.07, 6.45) is 1.54. The van der Waals surface area contributed by atoms with Gasteiger partial charge < -0.3 is 5.32 Å². The number of hydrogen-bond donors (Lipinski definition) is 1. The molecular weight excluding hydrogens is 474 g/mol. The standard InChI is InChI=1S/C16H9Cl5N4OS/c17-8-2-1-3-9(4-8)25-7-22-24-16(25)27-6-12(26)23-15-13(20)10(18)5-11(19)14(15)21/h1-5,7H,6H2,(H,23,26). The van der Waals surface area contributed by atoms with Gasteiger partial charge in [0.05, 0.1) is 37.2 Å². The first-order chi connectivity index (χ1) is 12.9. The minimum absolute atomic E-state index is 0.0377. The van der Waals surface area contributed by atoms with Crippen LogP contribution in [0.15, 0.2) is 41.8 Å². The fourth-order valence-electron chi connectivity index (χ4n) is 2.11. The fraction of sp³-hybridized carbons (Fsp3) is 0.0625. The molecule has 0 unspecified atom stereocenters. The van der Waals surface area contributed by atoms with Crippen LogP contribution in [0.3, 0.4) is 0 Å². The third kappa shape index (κ3) is 4.83. The molecule has 2 aromatic carbocycles. The van der Waals surface area contributed by atoms with Gasteiger partial charge in [0.25, 0.3) is 0 Å². The second-order valence-electron chi connectivity index (χ2n) is 5.14. The van der Waals surface area contributed by atoms with E-state index in [-0.39, 0.29) is 37.4 Å². The van der Waals surface area contributed by atoms with Crippen molar-refractivity contribution in [3.63, 3.8) is 0 Å². The third-order valence-electron chi connectivity index (χ3n) is 3.31. The van der Waals surface area contributed by atoms with E-state index in [0.717, 1.165) is 5.69 Å². The van der Waals surface area contributed by atoms with E-state index in [4.69, 9.17) is 58.0 Å². The zero-order valence-electron chi connectivity index (χ0n) is 13.2. The van der Waals surface area contributed by atoms with Crippen molar-refractivity contribution in [2.45, 2.75) is 5.16 Å². The Bertz CT molecular complexity index is 984. The molecule has 0 aliphatic carbocycles. The van der Waals surface area contributed by atoms with Crippen LogP contribution in [0.4, 0.5) is 5.69 Å². The molecule has 0 radical (unpaired) electrons. The molecule has 1 heterocycles. The summed E-state index contributed by atoms with van der Waals surface area (Å²) in [4.78, 5) is 12.3. The number of halogens is 5. The minimum atomic E-state index is -0.359. The number of carbonyl (C=O) groups is 1. The summed E-state index contributed by atoms with van der Waals surface area (Å²) in [6, 6.07) is 8.60. The lowest BCUT2D eigenvalue weighted by atomic mass is 10.3. The van der Waals surface area contributed by atoms with E-state index < -0.39 is 0 Å². The van der Waals surface area contributed by atoms with Crippen molar-refractivity contribution < 1.29 is 4.79 Å². The number of amides is 1. The molecule has 140 valence electrons. The monoisotopic (exact) mass is 480 g/mol. The Balaban J connectivity index is 1.72. The quantitative estimate of drug-likeness (QED) is 0.344. The molecule has 0 saturated heterocycles. The van der Waals surface area contributed by atoms with E-state index in [2.05, 4.69) is 15.5 Å². The summed E-state index contributed by atoms with van der Waals surface area (Å²) < 4.78 is 1.72. The molecule has 0 spiro atoms. The first kappa shape index (κ1) is 20.6. The number of thioether (sulfide) groups is 1. The van der Waals surface area contributed by atoms with Crippen molar-refractivity contribution in [2.75, 3.05) is 11.1 Å². The van der Waals surface area contributed by atoms with Crippen molar-refractivity contribution in [3.05, 3.63) is 61.8 Å². The summed E-state index contributed by atoms with van der Waals surface area (Å²) in [7, 11) is 0. The molecular formula is C16H9Cl5N4OS. The Morgan fingerprint density at radius 3 is 2.44 bits per heavy atom. The highest BCUT2D eigenvalue weighted by atomic mass is 35.5. The van der Waals surface area contributed by atoms with Gasteiger partial charge in [-0.2, -0.15) is 0 Å². The van der Waals surface area contributed by atoms with Crippen LogP contribution in [0.5, 0.6) is 0 Å². The Morgan fingerprint density at radius 1 is 1.07 bits per heavy atom. The molecule has 0 saturated carbocycles. The van der Waals surface area contributed by atoms with E-state index in [1.54, 1.807) is 16.7 Å². The minimum Gasteiger partial charge on any atom is -0.323 e. The molecule has 27 heavy (non-hydrogen) atoms. The average molecular weight is 483 g/mol. The SMILES string of the molecule is O=C(CSc1nncn1-c1cccc(Cl)c1)Nc1c(Cl)c(Cl)cc(Cl)c1Cl. The molecule has 0 fully saturated rings. The highest BCUT2D eigenvalue weighted by molar-refractivity contribution is 7.99. The number of carbonyl (C=O) groups excluding carboxylic acids is 1. The maximum absolute atomic E-state index is 12.3. The predicted molar refractivity (Wildman–Crippen MR) is 112 cm³/mol. The van der Waals surface area contributed by atoms with E-state index in [9.17, 15) is 4.79 Å². The molecule has 1 amide bonds. The van der Waals surface area contributed by atoms with Crippen LogP contribution in [-0.4, -0.2) is 26.4 Å². The van der Waals surface area contributed by atoms with Gasteiger partial charge in [-0.3, -0.25) is 9.36 Å². The number of anilines is 1. The molecule has 11 heteroatoms. The number of hydrogen-bond acceptors (Lipinski definition) is 4. The van der Waals surface area contributed by atoms with Crippen LogP contribution in [-0.2, 0) is 4.79 Å². The van der Waals surface area contributed by atoms with Gasteiger partial charge in [-0.05, 0) is 24.3 Å². The van der Waals surface area contributed by atoms with E-state index in [1.807, 2.05) is 12.1 Å². The molecule has 0 atom stereocenters. The molecule has 3 aromatic rings. The lowest BCUT2D eigenvalue weighted by Gasteiger charge is -2.12. The van der Waals surface area contributed by atoms with Crippen LogP contribution in [0.1, 0.15) is 0 Å². The van der Waals surface area contributed by atoms with Crippen molar-refractivity contribution >= 4 is 81.4 Å². The first-order valence-electron chi connectivity index (χ1n) is 7.28. The summed E-state index contributed by atoms with van der Waals surface area (Å²) in [5, 5.41) is 12.2. The van der Waals surface area contributed by atoms with Crippen molar-refractivity contribution in [1.29, 1.82) is 0 Å². The normalized spacial score (nSPS) is 10.9. The summed E-state index contributed by atoms with van der Waals surface area (Å²) in [5.74, 6) is -0.321. The van der Waals surface area contributed by atoms with Crippen LogP contribution >= 0.6 is 69.8 Å². The van der Waals surface area contributed by atoms with E-state index in [0.29, 0.717) is 10.2 Å². The van der Waals surface area contributed by atoms with Gasteiger partial charge in [0.2, 0.25) is 5.91 Å². The number of nitrogens with one attached hydrogen (secondary N) is 1. The van der Waals surface area contributed by atoms with Gasteiger partial charge in [-0.1, -0.05) is 75.8 Å². The Hall–Kier alpha value is -1.15. The highest BCUT2D eigenvalue weighted by Gasteiger charge is 2.17. The van der Waals surface area contributed by atoms with Crippen molar-refractivity contribution in [3.8, 4) is 5.69 Å². The van der Waals surface area contributed by atoms with Gasteiger partial charge in [-0.25, -0.2) is 0 Å². The topological polar surface area (TPSA) is 59.8 Å². The maximum atomic E-state index is 12.3. The largest absolute Gasteiger partial charge is 0.323 e. The zero-order valence-corrected chi connectivity index (χ0v) is 17.8. The Morgan fingerprint density at radius 2 is 1.78 bits per heavy atom. The van der Waals surface area contributed by atoms with Crippen molar-refractivity contribution in [2.24, 2.45) is 0 Å². The van der Waals surface area contributed by atoms with E-state index >= 15 is 0 Å². The van der Waals surface area contributed by atoms with Crippen LogP contribution in [0, 0.1) is 0 Å².